The lowest BCUT2D eigenvalue weighted by atomic mass is 9.91. The molecule has 0 aliphatic heterocycles. The lowest BCUT2D eigenvalue weighted by molar-refractivity contribution is 0.559. The number of hydrogen-bond acceptors (Lipinski definition) is 3. The van der Waals surface area contributed by atoms with Gasteiger partial charge in [-0.3, -0.25) is 0 Å². The van der Waals surface area contributed by atoms with Gasteiger partial charge in [-0.2, -0.15) is 0 Å². The Labute approximate surface area is 174 Å². The average Bonchev–Trinajstić information content (AvgIpc) is 3.11. The summed E-state index contributed by atoms with van der Waals surface area (Å²) in [4.78, 5) is 5.37. The Morgan fingerprint density at radius 1 is 1.03 bits per heavy atom. The molecule has 3 rings (SSSR count). The SMILES string of the molecule is CC(C)CCS(=O)(=O)NCC(c1ccc(N(C)C)cc1)c1c[nH]c2ccccc12. The zero-order chi connectivity index (χ0) is 21.0. The van der Waals surface area contributed by atoms with Crippen molar-refractivity contribution in [3.05, 3.63) is 65.9 Å². The lowest BCUT2D eigenvalue weighted by Crippen LogP contribution is -2.31. The van der Waals surface area contributed by atoms with Gasteiger partial charge in [0.15, 0.2) is 0 Å². The Balaban J connectivity index is 1.91. The van der Waals surface area contributed by atoms with Crippen molar-refractivity contribution >= 4 is 26.6 Å². The molecule has 5 nitrogen and oxygen atoms in total. The topological polar surface area (TPSA) is 65.2 Å². The number of fused-ring (bicyclic) bond motifs is 1. The maximum Gasteiger partial charge on any atom is 0.211 e. The van der Waals surface area contributed by atoms with Crippen molar-refractivity contribution in [2.24, 2.45) is 5.92 Å². The number of hydrogen-bond donors (Lipinski definition) is 2. The molecule has 0 aliphatic rings. The normalized spacial score (nSPS) is 13.1. The fraction of sp³-hybridized carbons (Fsp3) is 0.391. The summed E-state index contributed by atoms with van der Waals surface area (Å²) in [6.07, 6.45) is 2.65. The number of rotatable bonds is 9. The van der Waals surface area contributed by atoms with Gasteiger partial charge in [-0.05, 0) is 41.7 Å². The number of para-hydroxylation sites is 1. The molecular weight excluding hydrogens is 382 g/mol. The Morgan fingerprint density at radius 3 is 2.38 bits per heavy atom. The van der Waals surface area contributed by atoms with E-state index >= 15 is 0 Å². The highest BCUT2D eigenvalue weighted by molar-refractivity contribution is 7.89. The van der Waals surface area contributed by atoms with E-state index in [1.807, 2.05) is 52.3 Å². The van der Waals surface area contributed by atoms with Crippen molar-refractivity contribution in [3.8, 4) is 0 Å². The van der Waals surface area contributed by atoms with Crippen LogP contribution < -0.4 is 9.62 Å². The van der Waals surface area contributed by atoms with Gasteiger partial charge in [-0.25, -0.2) is 13.1 Å². The van der Waals surface area contributed by atoms with Crippen LogP contribution in [0.5, 0.6) is 0 Å². The minimum absolute atomic E-state index is 0.0730. The first-order chi connectivity index (χ1) is 13.8. The summed E-state index contributed by atoms with van der Waals surface area (Å²) in [6.45, 7) is 4.41. The van der Waals surface area contributed by atoms with E-state index in [4.69, 9.17) is 0 Å². The van der Waals surface area contributed by atoms with E-state index in [0.717, 1.165) is 27.7 Å². The number of nitrogens with one attached hydrogen (secondary N) is 2. The first-order valence-electron chi connectivity index (χ1n) is 10.1. The van der Waals surface area contributed by atoms with Crippen LogP contribution in [-0.2, 0) is 10.0 Å². The van der Waals surface area contributed by atoms with Gasteiger partial charge in [0, 0.05) is 49.3 Å². The molecule has 0 saturated carbocycles. The highest BCUT2D eigenvalue weighted by Gasteiger charge is 2.21. The Hall–Kier alpha value is -2.31. The third-order valence-corrected chi connectivity index (χ3v) is 6.66. The van der Waals surface area contributed by atoms with Gasteiger partial charge in [-0.15, -0.1) is 0 Å². The van der Waals surface area contributed by atoms with Crippen LogP contribution in [0.4, 0.5) is 5.69 Å². The molecule has 0 spiro atoms. The predicted molar refractivity (Wildman–Crippen MR) is 122 cm³/mol. The molecule has 1 unspecified atom stereocenters. The molecule has 0 amide bonds. The third kappa shape index (κ3) is 5.40. The quantitative estimate of drug-likeness (QED) is 0.549. The molecule has 1 heterocycles. The second-order valence-corrected chi connectivity index (χ2v) is 10.1. The van der Waals surface area contributed by atoms with E-state index in [1.165, 1.54) is 0 Å². The minimum Gasteiger partial charge on any atom is -0.378 e. The molecule has 6 heteroatoms. The second kappa shape index (κ2) is 9.01. The van der Waals surface area contributed by atoms with E-state index in [0.29, 0.717) is 18.9 Å². The number of aromatic amines is 1. The van der Waals surface area contributed by atoms with Crippen LogP contribution in [0.15, 0.2) is 54.7 Å². The zero-order valence-corrected chi connectivity index (χ0v) is 18.5. The average molecular weight is 414 g/mol. The van der Waals surface area contributed by atoms with Crippen molar-refractivity contribution < 1.29 is 8.42 Å². The fourth-order valence-corrected chi connectivity index (χ4v) is 4.81. The van der Waals surface area contributed by atoms with Crippen molar-refractivity contribution in [1.82, 2.24) is 9.71 Å². The maximum absolute atomic E-state index is 12.5. The van der Waals surface area contributed by atoms with Crippen LogP contribution in [0, 0.1) is 5.92 Å². The van der Waals surface area contributed by atoms with Crippen LogP contribution in [-0.4, -0.2) is 39.8 Å². The summed E-state index contributed by atoms with van der Waals surface area (Å²) < 4.78 is 27.9. The van der Waals surface area contributed by atoms with Crippen LogP contribution in [0.2, 0.25) is 0 Å². The standard InChI is InChI=1S/C23H31N3O2S/c1-17(2)13-14-29(27,28)25-16-21(18-9-11-19(12-10-18)26(3)4)22-15-24-23-8-6-5-7-20(22)23/h5-12,15,17,21,24-25H,13-14,16H2,1-4H3. The number of H-pyrrole nitrogens is 1. The first-order valence-corrected chi connectivity index (χ1v) is 11.7. The fourth-order valence-electron chi connectivity index (χ4n) is 3.47. The summed E-state index contributed by atoms with van der Waals surface area (Å²) in [5, 5.41) is 1.12. The van der Waals surface area contributed by atoms with Crippen molar-refractivity contribution in [3.63, 3.8) is 0 Å². The molecule has 3 aromatic rings. The highest BCUT2D eigenvalue weighted by Crippen LogP contribution is 2.31. The van der Waals surface area contributed by atoms with Crippen molar-refractivity contribution in [1.29, 1.82) is 0 Å². The molecule has 0 bridgehead atoms. The molecule has 1 aromatic heterocycles. The first kappa shape index (κ1) is 21.4. The van der Waals surface area contributed by atoms with E-state index in [9.17, 15) is 8.42 Å². The van der Waals surface area contributed by atoms with Crippen LogP contribution in [0.25, 0.3) is 10.9 Å². The van der Waals surface area contributed by atoms with E-state index < -0.39 is 10.0 Å². The Kier molecular flexibility index (Phi) is 6.65. The van der Waals surface area contributed by atoms with Gasteiger partial charge in [0.2, 0.25) is 10.0 Å². The number of benzene rings is 2. The molecule has 29 heavy (non-hydrogen) atoms. The van der Waals surface area contributed by atoms with Crippen LogP contribution in [0.1, 0.15) is 37.3 Å². The largest absolute Gasteiger partial charge is 0.378 e. The van der Waals surface area contributed by atoms with Gasteiger partial charge >= 0.3 is 0 Å². The molecule has 0 fully saturated rings. The molecule has 1 atom stereocenters. The molecule has 2 aromatic carbocycles. The van der Waals surface area contributed by atoms with E-state index in [1.54, 1.807) is 0 Å². The second-order valence-electron chi connectivity index (χ2n) is 8.18. The van der Waals surface area contributed by atoms with Gasteiger partial charge in [0.25, 0.3) is 0 Å². The van der Waals surface area contributed by atoms with Gasteiger partial charge in [-0.1, -0.05) is 44.2 Å². The highest BCUT2D eigenvalue weighted by atomic mass is 32.2. The molecule has 156 valence electrons. The lowest BCUT2D eigenvalue weighted by Gasteiger charge is -2.20. The zero-order valence-electron chi connectivity index (χ0n) is 17.6. The molecular formula is C23H31N3O2S. The smallest absolute Gasteiger partial charge is 0.211 e. The number of sulfonamides is 1. The minimum atomic E-state index is -3.31. The number of anilines is 1. The van der Waals surface area contributed by atoms with Crippen molar-refractivity contribution in [2.45, 2.75) is 26.2 Å². The van der Waals surface area contributed by atoms with Crippen LogP contribution in [0.3, 0.4) is 0 Å². The van der Waals surface area contributed by atoms with Gasteiger partial charge in [0.1, 0.15) is 0 Å². The number of nitrogens with zero attached hydrogens (tertiary/aromatic N) is 1. The molecule has 0 radical (unpaired) electrons. The van der Waals surface area contributed by atoms with E-state index in [2.05, 4.69) is 44.9 Å². The Morgan fingerprint density at radius 2 is 1.72 bits per heavy atom. The van der Waals surface area contributed by atoms with E-state index in [-0.39, 0.29) is 11.7 Å². The van der Waals surface area contributed by atoms with Crippen molar-refractivity contribution in [2.75, 3.05) is 31.3 Å². The summed E-state index contributed by atoms with van der Waals surface area (Å²) in [5.41, 5.74) is 4.36. The molecule has 2 N–H and O–H groups in total. The van der Waals surface area contributed by atoms with Crippen LogP contribution >= 0.6 is 0 Å². The number of aromatic nitrogens is 1. The van der Waals surface area contributed by atoms with Gasteiger partial charge in [0.05, 0.1) is 5.75 Å². The summed E-state index contributed by atoms with van der Waals surface area (Å²) in [5.74, 6) is 0.441. The third-order valence-electron chi connectivity index (χ3n) is 5.28. The maximum atomic E-state index is 12.5. The molecule has 0 saturated heterocycles. The summed E-state index contributed by atoms with van der Waals surface area (Å²) >= 11 is 0. The van der Waals surface area contributed by atoms with Gasteiger partial charge < -0.3 is 9.88 Å². The predicted octanol–water partition coefficient (Wildman–Crippen LogP) is 4.33. The monoisotopic (exact) mass is 413 g/mol. The summed E-state index contributed by atoms with van der Waals surface area (Å²) in [6, 6.07) is 16.5. The summed E-state index contributed by atoms with van der Waals surface area (Å²) in [7, 11) is 0.704. The Bertz CT molecular complexity index is 1040. The molecule has 0 aliphatic carbocycles.